The van der Waals surface area contributed by atoms with Gasteiger partial charge < -0.3 is 10.1 Å². The fraction of sp³-hybridized carbons (Fsp3) is 0.917. The number of rotatable bonds is 7. The van der Waals surface area contributed by atoms with Crippen molar-refractivity contribution in [2.24, 2.45) is 5.92 Å². The maximum Gasteiger partial charge on any atom is 0.323 e. The maximum absolute atomic E-state index is 11.5. The number of carbonyl (C=O) groups is 1. The van der Waals surface area contributed by atoms with Crippen LogP contribution in [-0.4, -0.2) is 24.7 Å². The van der Waals surface area contributed by atoms with Crippen LogP contribution in [-0.2, 0) is 9.53 Å². The summed E-state index contributed by atoms with van der Waals surface area (Å²) in [5.41, 5.74) is 0. The molecule has 0 heterocycles. The molecule has 3 heteroatoms. The molecule has 0 aliphatic heterocycles. The fourth-order valence-electron chi connectivity index (χ4n) is 1.43. The highest BCUT2D eigenvalue weighted by Crippen LogP contribution is 2.09. The Morgan fingerprint density at radius 1 is 1.20 bits per heavy atom. The van der Waals surface area contributed by atoms with Gasteiger partial charge in [-0.15, -0.1) is 0 Å². The summed E-state index contributed by atoms with van der Waals surface area (Å²) in [5.74, 6) is 0.448. The van der Waals surface area contributed by atoms with Crippen LogP contribution in [0.15, 0.2) is 0 Å². The van der Waals surface area contributed by atoms with Gasteiger partial charge in [-0.05, 0) is 26.2 Å². The Bertz CT molecular complexity index is 182. The predicted molar refractivity (Wildman–Crippen MR) is 62.8 cm³/mol. The summed E-state index contributed by atoms with van der Waals surface area (Å²) in [5, 5.41) is 3.33. The van der Waals surface area contributed by atoms with E-state index in [1.807, 2.05) is 13.8 Å². The van der Waals surface area contributed by atoms with E-state index in [2.05, 4.69) is 26.1 Å². The molecule has 0 aromatic heterocycles. The standard InChI is InChI=1S/C12H25NO2/c1-6-9(4)10(5)13-11(7-2)12(14)15-8-3/h9-11,13H,6-8H2,1-5H3. The van der Waals surface area contributed by atoms with E-state index in [1.54, 1.807) is 0 Å². The Labute approximate surface area is 93.6 Å². The number of ether oxygens (including phenoxy) is 1. The average Bonchev–Trinajstić information content (AvgIpc) is 2.24. The minimum atomic E-state index is -0.158. The lowest BCUT2D eigenvalue weighted by molar-refractivity contribution is -0.146. The molecule has 0 aromatic rings. The minimum absolute atomic E-state index is 0.129. The summed E-state index contributed by atoms with van der Waals surface area (Å²) < 4.78 is 5.01. The zero-order valence-electron chi connectivity index (χ0n) is 10.7. The topological polar surface area (TPSA) is 38.3 Å². The number of hydrogen-bond acceptors (Lipinski definition) is 3. The van der Waals surface area contributed by atoms with Gasteiger partial charge >= 0.3 is 5.97 Å². The first-order chi connectivity index (χ1) is 7.06. The van der Waals surface area contributed by atoms with Crippen LogP contribution in [0, 0.1) is 5.92 Å². The van der Waals surface area contributed by atoms with E-state index in [1.165, 1.54) is 0 Å². The molecule has 0 aromatic carbocycles. The van der Waals surface area contributed by atoms with Gasteiger partial charge in [-0.1, -0.05) is 27.2 Å². The fourth-order valence-corrected chi connectivity index (χ4v) is 1.43. The lowest BCUT2D eigenvalue weighted by Gasteiger charge is -2.24. The molecule has 90 valence electrons. The van der Waals surface area contributed by atoms with E-state index in [4.69, 9.17) is 4.74 Å². The number of esters is 1. The molecule has 3 nitrogen and oxygen atoms in total. The van der Waals surface area contributed by atoms with Crippen molar-refractivity contribution in [1.82, 2.24) is 5.32 Å². The van der Waals surface area contributed by atoms with Gasteiger partial charge in [0, 0.05) is 6.04 Å². The number of hydrogen-bond donors (Lipinski definition) is 1. The smallest absolute Gasteiger partial charge is 0.323 e. The van der Waals surface area contributed by atoms with Crippen LogP contribution >= 0.6 is 0 Å². The Morgan fingerprint density at radius 3 is 2.20 bits per heavy atom. The van der Waals surface area contributed by atoms with Crippen LogP contribution in [0.4, 0.5) is 0 Å². The Balaban J connectivity index is 4.14. The quantitative estimate of drug-likeness (QED) is 0.662. The van der Waals surface area contributed by atoms with Crippen LogP contribution in [0.25, 0.3) is 0 Å². The molecule has 0 saturated heterocycles. The van der Waals surface area contributed by atoms with Gasteiger partial charge in [0.25, 0.3) is 0 Å². The van der Waals surface area contributed by atoms with Crippen LogP contribution in [0.3, 0.4) is 0 Å². The lowest BCUT2D eigenvalue weighted by atomic mass is 9.99. The monoisotopic (exact) mass is 215 g/mol. The van der Waals surface area contributed by atoms with E-state index in [-0.39, 0.29) is 12.0 Å². The Kier molecular flexibility index (Phi) is 7.39. The lowest BCUT2D eigenvalue weighted by Crippen LogP contribution is -2.45. The highest BCUT2D eigenvalue weighted by atomic mass is 16.5. The molecular formula is C12H25NO2. The molecule has 1 N–H and O–H groups in total. The van der Waals surface area contributed by atoms with Gasteiger partial charge in [-0.3, -0.25) is 4.79 Å². The first-order valence-electron chi connectivity index (χ1n) is 5.99. The second-order valence-corrected chi connectivity index (χ2v) is 4.05. The van der Waals surface area contributed by atoms with Crippen LogP contribution < -0.4 is 5.32 Å². The molecule has 0 spiro atoms. The third-order valence-corrected chi connectivity index (χ3v) is 2.94. The largest absolute Gasteiger partial charge is 0.465 e. The summed E-state index contributed by atoms with van der Waals surface area (Å²) in [6.07, 6.45) is 1.90. The third-order valence-electron chi connectivity index (χ3n) is 2.94. The van der Waals surface area contributed by atoms with Crippen molar-refractivity contribution in [2.45, 2.75) is 59.5 Å². The van der Waals surface area contributed by atoms with Gasteiger partial charge in [-0.25, -0.2) is 0 Å². The Hall–Kier alpha value is -0.570. The molecule has 0 saturated carbocycles. The summed E-state index contributed by atoms with van der Waals surface area (Å²) in [4.78, 5) is 11.5. The summed E-state index contributed by atoms with van der Waals surface area (Å²) in [7, 11) is 0. The van der Waals surface area contributed by atoms with Gasteiger partial charge in [0.1, 0.15) is 6.04 Å². The summed E-state index contributed by atoms with van der Waals surface area (Å²) in [6.45, 7) is 10.8. The highest BCUT2D eigenvalue weighted by molar-refractivity contribution is 5.75. The first kappa shape index (κ1) is 14.4. The Morgan fingerprint density at radius 2 is 1.80 bits per heavy atom. The van der Waals surface area contributed by atoms with E-state index in [0.29, 0.717) is 18.6 Å². The molecule has 0 fully saturated rings. The van der Waals surface area contributed by atoms with E-state index in [9.17, 15) is 4.79 Å². The van der Waals surface area contributed by atoms with Crippen molar-refractivity contribution in [1.29, 1.82) is 0 Å². The molecule has 0 bridgehead atoms. The van der Waals surface area contributed by atoms with E-state index in [0.717, 1.165) is 12.8 Å². The molecule has 0 radical (unpaired) electrons. The van der Waals surface area contributed by atoms with Crippen molar-refractivity contribution in [3.63, 3.8) is 0 Å². The summed E-state index contributed by atoms with van der Waals surface area (Å²) in [6, 6.07) is 0.193. The molecule has 0 aliphatic carbocycles. The molecule has 3 unspecified atom stereocenters. The zero-order chi connectivity index (χ0) is 11.8. The normalized spacial score (nSPS) is 16.9. The molecule has 3 atom stereocenters. The molecule has 0 aliphatic rings. The zero-order valence-corrected chi connectivity index (χ0v) is 10.7. The molecular weight excluding hydrogens is 190 g/mol. The van der Waals surface area contributed by atoms with Crippen molar-refractivity contribution >= 4 is 5.97 Å². The van der Waals surface area contributed by atoms with Crippen molar-refractivity contribution < 1.29 is 9.53 Å². The number of nitrogens with one attached hydrogen (secondary N) is 1. The van der Waals surface area contributed by atoms with Gasteiger partial charge in [-0.2, -0.15) is 0 Å². The maximum atomic E-state index is 11.5. The highest BCUT2D eigenvalue weighted by Gasteiger charge is 2.21. The molecule has 0 rings (SSSR count). The van der Waals surface area contributed by atoms with Crippen LogP contribution in [0.2, 0.25) is 0 Å². The first-order valence-corrected chi connectivity index (χ1v) is 5.99. The second-order valence-electron chi connectivity index (χ2n) is 4.05. The molecule has 0 amide bonds. The average molecular weight is 215 g/mol. The van der Waals surface area contributed by atoms with Crippen LogP contribution in [0.1, 0.15) is 47.5 Å². The van der Waals surface area contributed by atoms with E-state index >= 15 is 0 Å². The minimum Gasteiger partial charge on any atom is -0.465 e. The summed E-state index contributed by atoms with van der Waals surface area (Å²) >= 11 is 0. The SMILES string of the molecule is CCOC(=O)C(CC)NC(C)C(C)CC. The van der Waals surface area contributed by atoms with Crippen molar-refractivity contribution in [3.05, 3.63) is 0 Å². The van der Waals surface area contributed by atoms with Crippen molar-refractivity contribution in [2.75, 3.05) is 6.61 Å². The number of carbonyl (C=O) groups excluding carboxylic acids is 1. The van der Waals surface area contributed by atoms with E-state index < -0.39 is 0 Å². The molecule has 15 heavy (non-hydrogen) atoms. The predicted octanol–water partition coefficient (Wildman–Crippen LogP) is 2.35. The van der Waals surface area contributed by atoms with Crippen LogP contribution in [0.5, 0.6) is 0 Å². The van der Waals surface area contributed by atoms with Gasteiger partial charge in [0.15, 0.2) is 0 Å². The van der Waals surface area contributed by atoms with Gasteiger partial charge in [0.05, 0.1) is 6.61 Å². The van der Waals surface area contributed by atoms with Crippen molar-refractivity contribution in [3.8, 4) is 0 Å². The van der Waals surface area contributed by atoms with Gasteiger partial charge in [0.2, 0.25) is 0 Å². The third kappa shape index (κ3) is 5.17. The second kappa shape index (κ2) is 7.69.